The number of alkyl halides is 3. The Hall–Kier alpha value is -0.330. The lowest BCUT2D eigenvalue weighted by Crippen LogP contribution is -2.56. The van der Waals surface area contributed by atoms with Gasteiger partial charge < -0.3 is 15.0 Å². The third-order valence-electron chi connectivity index (χ3n) is 3.59. The second-order valence-corrected chi connectivity index (χ2v) is 5.17. The van der Waals surface area contributed by atoms with Crippen LogP contribution in [0.25, 0.3) is 0 Å². The molecule has 1 fully saturated rings. The van der Waals surface area contributed by atoms with Crippen molar-refractivity contribution in [1.29, 1.82) is 0 Å². The van der Waals surface area contributed by atoms with Gasteiger partial charge in [-0.2, -0.15) is 13.2 Å². The van der Waals surface area contributed by atoms with Crippen LogP contribution in [0.1, 0.15) is 25.7 Å². The first-order valence-electron chi connectivity index (χ1n) is 6.38. The SMILES string of the molecule is CN(C)C1(CNCCCOCC(F)(F)F)CCC1. The molecule has 108 valence electrons. The first kappa shape index (κ1) is 15.7. The molecule has 18 heavy (non-hydrogen) atoms. The minimum absolute atomic E-state index is 0.154. The molecule has 3 nitrogen and oxygen atoms in total. The molecule has 0 atom stereocenters. The number of nitrogens with zero attached hydrogens (tertiary/aromatic N) is 1. The summed E-state index contributed by atoms with van der Waals surface area (Å²) in [5, 5.41) is 3.30. The molecule has 1 N–H and O–H groups in total. The molecule has 0 radical (unpaired) electrons. The van der Waals surface area contributed by atoms with E-state index in [2.05, 4.69) is 29.0 Å². The van der Waals surface area contributed by atoms with Crippen LogP contribution in [-0.2, 0) is 4.74 Å². The summed E-state index contributed by atoms with van der Waals surface area (Å²) >= 11 is 0. The average molecular weight is 268 g/mol. The van der Waals surface area contributed by atoms with E-state index in [-0.39, 0.29) is 12.1 Å². The van der Waals surface area contributed by atoms with Gasteiger partial charge in [-0.05, 0) is 46.3 Å². The molecular weight excluding hydrogens is 245 g/mol. The summed E-state index contributed by atoms with van der Waals surface area (Å²) in [4.78, 5) is 2.24. The van der Waals surface area contributed by atoms with E-state index in [0.717, 1.165) is 6.54 Å². The predicted octanol–water partition coefficient (Wildman–Crippen LogP) is 2.03. The number of halogens is 3. The molecule has 0 bridgehead atoms. The van der Waals surface area contributed by atoms with Gasteiger partial charge in [0.05, 0.1) is 0 Å². The second kappa shape index (κ2) is 6.73. The minimum atomic E-state index is -4.21. The summed E-state index contributed by atoms with van der Waals surface area (Å²) < 4.78 is 39.9. The fourth-order valence-corrected chi connectivity index (χ4v) is 2.18. The zero-order chi connectivity index (χ0) is 13.6. The van der Waals surface area contributed by atoms with Gasteiger partial charge in [0.1, 0.15) is 6.61 Å². The Labute approximate surface area is 107 Å². The Balaban J connectivity index is 1.99. The van der Waals surface area contributed by atoms with Crippen LogP contribution in [0.4, 0.5) is 13.2 Å². The standard InChI is InChI=1S/C12H23F3N2O/c1-17(2)11(5-3-6-11)9-16-7-4-8-18-10-12(13,14)15/h16H,3-10H2,1-2H3. The summed E-state index contributed by atoms with van der Waals surface area (Å²) in [6, 6.07) is 0. The van der Waals surface area contributed by atoms with Gasteiger partial charge in [0.2, 0.25) is 0 Å². The van der Waals surface area contributed by atoms with Crippen LogP contribution in [0, 0.1) is 0 Å². The first-order valence-corrected chi connectivity index (χ1v) is 6.38. The number of rotatable bonds is 8. The lowest BCUT2D eigenvalue weighted by atomic mass is 9.75. The van der Waals surface area contributed by atoms with E-state index in [1.54, 1.807) is 0 Å². The number of ether oxygens (including phenoxy) is 1. The van der Waals surface area contributed by atoms with E-state index in [1.807, 2.05) is 0 Å². The van der Waals surface area contributed by atoms with Gasteiger partial charge in [-0.15, -0.1) is 0 Å². The van der Waals surface area contributed by atoms with E-state index in [0.29, 0.717) is 13.0 Å². The molecule has 0 unspecified atom stereocenters. The van der Waals surface area contributed by atoms with Crippen molar-refractivity contribution in [3.05, 3.63) is 0 Å². The van der Waals surface area contributed by atoms with Crippen molar-refractivity contribution in [3.63, 3.8) is 0 Å². The number of likely N-dealkylation sites (N-methyl/N-ethyl adjacent to an activating group) is 1. The summed E-state index contributed by atoms with van der Waals surface area (Å²) in [7, 11) is 4.15. The quantitative estimate of drug-likeness (QED) is 0.682. The summed E-state index contributed by atoms with van der Waals surface area (Å²) in [6.07, 6.45) is 0.0393. The molecule has 0 heterocycles. The molecule has 0 aromatic heterocycles. The van der Waals surface area contributed by atoms with E-state index >= 15 is 0 Å². The van der Waals surface area contributed by atoms with Gasteiger partial charge >= 0.3 is 6.18 Å². The fourth-order valence-electron chi connectivity index (χ4n) is 2.18. The Morgan fingerprint density at radius 1 is 1.28 bits per heavy atom. The highest BCUT2D eigenvalue weighted by atomic mass is 19.4. The van der Waals surface area contributed by atoms with Crippen molar-refractivity contribution < 1.29 is 17.9 Å². The number of hydrogen-bond donors (Lipinski definition) is 1. The summed E-state index contributed by atoms with van der Waals surface area (Å²) in [5.41, 5.74) is 0.257. The van der Waals surface area contributed by atoms with E-state index < -0.39 is 12.8 Å². The Morgan fingerprint density at radius 3 is 2.39 bits per heavy atom. The topological polar surface area (TPSA) is 24.5 Å². The molecule has 0 aromatic carbocycles. The monoisotopic (exact) mass is 268 g/mol. The maximum absolute atomic E-state index is 11.8. The van der Waals surface area contributed by atoms with Crippen molar-refractivity contribution in [2.75, 3.05) is 40.4 Å². The van der Waals surface area contributed by atoms with Crippen LogP contribution in [0.15, 0.2) is 0 Å². The Morgan fingerprint density at radius 2 is 1.94 bits per heavy atom. The molecule has 0 amide bonds. The zero-order valence-corrected chi connectivity index (χ0v) is 11.1. The van der Waals surface area contributed by atoms with Crippen LogP contribution in [0.5, 0.6) is 0 Å². The number of nitrogens with one attached hydrogen (secondary N) is 1. The molecule has 0 saturated heterocycles. The highest BCUT2D eigenvalue weighted by molar-refractivity contribution is 4.97. The van der Waals surface area contributed by atoms with Crippen molar-refractivity contribution in [2.45, 2.75) is 37.4 Å². The van der Waals surface area contributed by atoms with E-state index in [4.69, 9.17) is 0 Å². The first-order chi connectivity index (χ1) is 8.36. The number of hydrogen-bond acceptors (Lipinski definition) is 3. The molecule has 6 heteroatoms. The van der Waals surface area contributed by atoms with Crippen molar-refractivity contribution in [3.8, 4) is 0 Å². The van der Waals surface area contributed by atoms with Gasteiger partial charge in [0.15, 0.2) is 0 Å². The lowest BCUT2D eigenvalue weighted by molar-refractivity contribution is -0.173. The maximum Gasteiger partial charge on any atom is 0.411 e. The van der Waals surface area contributed by atoms with E-state index in [1.165, 1.54) is 19.3 Å². The Bertz CT molecular complexity index is 240. The third kappa shape index (κ3) is 5.12. The zero-order valence-electron chi connectivity index (χ0n) is 11.1. The average Bonchev–Trinajstić information content (AvgIpc) is 2.17. The van der Waals surface area contributed by atoms with Crippen LogP contribution in [0.2, 0.25) is 0 Å². The summed E-state index contributed by atoms with van der Waals surface area (Å²) in [6.45, 7) is 0.614. The maximum atomic E-state index is 11.8. The molecule has 1 rings (SSSR count). The molecule has 1 aliphatic rings. The molecule has 1 aliphatic carbocycles. The van der Waals surface area contributed by atoms with E-state index in [9.17, 15) is 13.2 Å². The van der Waals surface area contributed by atoms with Crippen molar-refractivity contribution >= 4 is 0 Å². The van der Waals surface area contributed by atoms with Gasteiger partial charge in [0.25, 0.3) is 0 Å². The third-order valence-corrected chi connectivity index (χ3v) is 3.59. The fraction of sp³-hybridized carbons (Fsp3) is 1.00. The van der Waals surface area contributed by atoms with Crippen LogP contribution >= 0.6 is 0 Å². The highest BCUT2D eigenvalue weighted by Crippen LogP contribution is 2.35. The highest BCUT2D eigenvalue weighted by Gasteiger charge is 2.38. The van der Waals surface area contributed by atoms with Crippen LogP contribution in [-0.4, -0.2) is 57.0 Å². The van der Waals surface area contributed by atoms with Gasteiger partial charge in [-0.3, -0.25) is 0 Å². The second-order valence-electron chi connectivity index (χ2n) is 5.17. The smallest absolute Gasteiger partial charge is 0.372 e. The minimum Gasteiger partial charge on any atom is -0.372 e. The molecule has 0 aromatic rings. The van der Waals surface area contributed by atoms with Crippen LogP contribution < -0.4 is 5.32 Å². The molecule has 0 spiro atoms. The predicted molar refractivity (Wildman–Crippen MR) is 64.6 cm³/mol. The van der Waals surface area contributed by atoms with Gasteiger partial charge in [0, 0.05) is 18.7 Å². The largest absolute Gasteiger partial charge is 0.411 e. The molecule has 0 aliphatic heterocycles. The van der Waals surface area contributed by atoms with Gasteiger partial charge in [-0.1, -0.05) is 0 Å². The normalized spacial score (nSPS) is 19.0. The van der Waals surface area contributed by atoms with Crippen molar-refractivity contribution in [2.24, 2.45) is 0 Å². The lowest BCUT2D eigenvalue weighted by Gasteiger charge is -2.47. The Kier molecular flexibility index (Phi) is 5.88. The van der Waals surface area contributed by atoms with Crippen molar-refractivity contribution in [1.82, 2.24) is 10.2 Å². The summed E-state index contributed by atoms with van der Waals surface area (Å²) in [5.74, 6) is 0. The molecule has 1 saturated carbocycles. The molecular formula is C12H23F3N2O. The van der Waals surface area contributed by atoms with Gasteiger partial charge in [-0.25, -0.2) is 0 Å². The van der Waals surface area contributed by atoms with Crippen LogP contribution in [0.3, 0.4) is 0 Å².